The van der Waals surface area contributed by atoms with Crippen molar-refractivity contribution in [2.45, 2.75) is 44.6 Å². The number of carbonyl (C=O) groups excluding carboxylic acids is 2. The fraction of sp³-hybridized carbons (Fsp3) is 0.619. The Hall–Kier alpha value is -2.28. The summed E-state index contributed by atoms with van der Waals surface area (Å²) in [4.78, 5) is 28.9. The summed E-state index contributed by atoms with van der Waals surface area (Å²) in [6.45, 7) is 3.40. The largest absolute Gasteiger partial charge is 0.504 e. The Morgan fingerprint density at radius 1 is 1.21 bits per heavy atom. The standard InChI is InChI=1S/C21H28N2O5/c24-17-5-1-4-16(19(17)26)20(27)22-10-8-21(9-11-22)7-6-18(25)23(14-21)13-15-3-2-12-28-15/h1,4-5,15,24,26H,2-3,6-14H2. The number of carbonyl (C=O) groups is 2. The Balaban J connectivity index is 1.39. The number of rotatable bonds is 3. The van der Waals surface area contributed by atoms with Crippen LogP contribution in [-0.4, -0.2) is 70.7 Å². The average molecular weight is 388 g/mol. The van der Waals surface area contributed by atoms with Crippen molar-refractivity contribution in [3.63, 3.8) is 0 Å². The van der Waals surface area contributed by atoms with Gasteiger partial charge in [0, 0.05) is 39.2 Å². The number of amides is 2. The SMILES string of the molecule is O=C1CCC2(CCN(C(=O)c3cccc(O)c3O)CC2)CN1CC1CCCO1. The first-order valence-electron chi connectivity index (χ1n) is 10.2. The molecule has 28 heavy (non-hydrogen) atoms. The van der Waals surface area contributed by atoms with Gasteiger partial charge in [-0.25, -0.2) is 0 Å². The lowest BCUT2D eigenvalue weighted by Crippen LogP contribution is -2.53. The Bertz CT molecular complexity index is 751. The molecule has 7 heteroatoms. The quantitative estimate of drug-likeness (QED) is 0.774. The summed E-state index contributed by atoms with van der Waals surface area (Å²) >= 11 is 0. The highest BCUT2D eigenvalue weighted by Gasteiger charge is 2.42. The lowest BCUT2D eigenvalue weighted by Gasteiger charge is -2.47. The predicted octanol–water partition coefficient (Wildman–Crippen LogP) is 2.12. The second-order valence-electron chi connectivity index (χ2n) is 8.37. The van der Waals surface area contributed by atoms with Crippen LogP contribution in [0.5, 0.6) is 11.5 Å². The molecule has 1 unspecified atom stereocenters. The Kier molecular flexibility index (Phi) is 5.19. The van der Waals surface area contributed by atoms with Gasteiger partial charge in [-0.2, -0.15) is 0 Å². The number of nitrogens with zero attached hydrogens (tertiary/aromatic N) is 2. The number of phenols is 2. The molecule has 0 aromatic heterocycles. The van der Waals surface area contributed by atoms with E-state index in [0.29, 0.717) is 26.1 Å². The Morgan fingerprint density at radius 3 is 2.71 bits per heavy atom. The lowest BCUT2D eigenvalue weighted by molar-refractivity contribution is -0.141. The molecule has 4 rings (SSSR count). The van der Waals surface area contributed by atoms with Crippen LogP contribution in [0.1, 0.15) is 48.9 Å². The summed E-state index contributed by atoms with van der Waals surface area (Å²) < 4.78 is 5.71. The summed E-state index contributed by atoms with van der Waals surface area (Å²) in [6.07, 6.45) is 5.36. The van der Waals surface area contributed by atoms with E-state index in [0.717, 1.165) is 45.3 Å². The Morgan fingerprint density at radius 2 is 2.00 bits per heavy atom. The summed E-state index contributed by atoms with van der Waals surface area (Å²) in [5, 5.41) is 19.6. The molecule has 2 N–H and O–H groups in total. The van der Waals surface area contributed by atoms with Gasteiger partial charge in [-0.15, -0.1) is 0 Å². The fourth-order valence-corrected chi connectivity index (χ4v) is 4.77. The molecule has 1 spiro atoms. The van der Waals surface area contributed by atoms with Gasteiger partial charge in [-0.1, -0.05) is 6.07 Å². The maximum Gasteiger partial charge on any atom is 0.257 e. The van der Waals surface area contributed by atoms with Gasteiger partial charge in [0.15, 0.2) is 11.5 Å². The normalized spacial score (nSPS) is 24.7. The van der Waals surface area contributed by atoms with Crippen LogP contribution in [0.3, 0.4) is 0 Å². The van der Waals surface area contributed by atoms with Crippen molar-refractivity contribution in [1.29, 1.82) is 0 Å². The molecule has 1 atom stereocenters. The first-order valence-corrected chi connectivity index (χ1v) is 10.2. The van der Waals surface area contributed by atoms with Crippen LogP contribution >= 0.6 is 0 Å². The van der Waals surface area contributed by atoms with Gasteiger partial charge < -0.3 is 24.7 Å². The fourth-order valence-electron chi connectivity index (χ4n) is 4.77. The van der Waals surface area contributed by atoms with E-state index in [-0.39, 0.29) is 40.4 Å². The zero-order valence-electron chi connectivity index (χ0n) is 16.1. The van der Waals surface area contributed by atoms with Crippen molar-refractivity contribution in [3.8, 4) is 11.5 Å². The molecule has 0 saturated carbocycles. The number of ether oxygens (including phenoxy) is 1. The molecule has 0 aliphatic carbocycles. The van der Waals surface area contributed by atoms with Crippen molar-refractivity contribution < 1.29 is 24.5 Å². The molecule has 3 fully saturated rings. The smallest absolute Gasteiger partial charge is 0.257 e. The molecule has 1 aromatic carbocycles. The minimum Gasteiger partial charge on any atom is -0.504 e. The minimum atomic E-state index is -0.362. The highest BCUT2D eigenvalue weighted by molar-refractivity contribution is 5.97. The number of likely N-dealkylation sites (tertiary alicyclic amines) is 2. The highest BCUT2D eigenvalue weighted by atomic mass is 16.5. The number of hydrogen-bond acceptors (Lipinski definition) is 5. The van der Waals surface area contributed by atoms with E-state index < -0.39 is 0 Å². The van der Waals surface area contributed by atoms with Gasteiger partial charge in [-0.3, -0.25) is 9.59 Å². The van der Waals surface area contributed by atoms with Gasteiger partial charge in [0.1, 0.15) is 0 Å². The molecule has 3 aliphatic rings. The van der Waals surface area contributed by atoms with E-state index in [9.17, 15) is 19.8 Å². The van der Waals surface area contributed by atoms with Crippen LogP contribution in [0, 0.1) is 5.41 Å². The number of piperidine rings is 2. The van der Waals surface area contributed by atoms with Crippen molar-refractivity contribution in [2.24, 2.45) is 5.41 Å². The third kappa shape index (κ3) is 3.68. The van der Waals surface area contributed by atoms with Crippen LogP contribution in [0.2, 0.25) is 0 Å². The maximum absolute atomic E-state index is 12.8. The van der Waals surface area contributed by atoms with Crippen molar-refractivity contribution >= 4 is 11.8 Å². The summed E-state index contributed by atoms with van der Waals surface area (Å²) in [6, 6.07) is 4.45. The van der Waals surface area contributed by atoms with Gasteiger partial charge >= 0.3 is 0 Å². The van der Waals surface area contributed by atoms with E-state index in [2.05, 4.69) is 0 Å². The summed E-state index contributed by atoms with van der Waals surface area (Å²) in [7, 11) is 0. The zero-order chi connectivity index (χ0) is 19.7. The number of para-hydroxylation sites is 1. The van der Waals surface area contributed by atoms with E-state index >= 15 is 0 Å². The highest BCUT2D eigenvalue weighted by Crippen LogP contribution is 2.41. The van der Waals surface area contributed by atoms with Gasteiger partial charge in [0.2, 0.25) is 5.91 Å². The Labute approximate surface area is 164 Å². The summed E-state index contributed by atoms with van der Waals surface area (Å²) in [5.74, 6) is -0.690. The monoisotopic (exact) mass is 388 g/mol. The molecule has 2 amide bonds. The molecule has 0 bridgehead atoms. The van der Waals surface area contributed by atoms with Crippen LogP contribution in [-0.2, 0) is 9.53 Å². The number of phenolic OH excluding ortho intramolecular Hbond substituents is 2. The summed E-state index contributed by atoms with van der Waals surface area (Å²) in [5.41, 5.74) is 0.194. The van der Waals surface area contributed by atoms with Gasteiger partial charge in [0.05, 0.1) is 11.7 Å². The van der Waals surface area contributed by atoms with Crippen LogP contribution in [0.4, 0.5) is 0 Å². The van der Waals surface area contributed by atoms with E-state index in [4.69, 9.17) is 4.74 Å². The minimum absolute atomic E-state index is 0.0597. The topological polar surface area (TPSA) is 90.3 Å². The lowest BCUT2D eigenvalue weighted by atomic mass is 9.72. The number of aromatic hydroxyl groups is 2. The third-order valence-corrected chi connectivity index (χ3v) is 6.55. The van der Waals surface area contributed by atoms with Crippen molar-refractivity contribution in [2.75, 3.05) is 32.8 Å². The maximum atomic E-state index is 12.8. The molecule has 3 aliphatic heterocycles. The molecule has 7 nitrogen and oxygen atoms in total. The van der Waals surface area contributed by atoms with E-state index in [1.54, 1.807) is 11.0 Å². The van der Waals surface area contributed by atoms with E-state index in [1.165, 1.54) is 12.1 Å². The molecule has 1 aromatic rings. The molecule has 3 heterocycles. The van der Waals surface area contributed by atoms with Crippen molar-refractivity contribution in [1.82, 2.24) is 9.80 Å². The van der Waals surface area contributed by atoms with Crippen LogP contribution in [0.25, 0.3) is 0 Å². The van der Waals surface area contributed by atoms with Crippen LogP contribution in [0.15, 0.2) is 18.2 Å². The molecule has 152 valence electrons. The predicted molar refractivity (Wildman–Crippen MR) is 102 cm³/mol. The van der Waals surface area contributed by atoms with Gasteiger partial charge in [-0.05, 0) is 49.7 Å². The van der Waals surface area contributed by atoms with Gasteiger partial charge in [0.25, 0.3) is 5.91 Å². The molecule has 0 radical (unpaired) electrons. The molecular weight excluding hydrogens is 360 g/mol. The van der Waals surface area contributed by atoms with Crippen LogP contribution < -0.4 is 0 Å². The second kappa shape index (κ2) is 7.62. The first-order chi connectivity index (χ1) is 13.5. The molecule has 3 saturated heterocycles. The average Bonchev–Trinajstić information content (AvgIpc) is 3.20. The molecular formula is C21H28N2O5. The third-order valence-electron chi connectivity index (χ3n) is 6.55. The number of benzene rings is 1. The first kappa shape index (κ1) is 19.1. The van der Waals surface area contributed by atoms with E-state index in [1.807, 2.05) is 4.90 Å². The van der Waals surface area contributed by atoms with Crippen molar-refractivity contribution in [3.05, 3.63) is 23.8 Å². The number of hydrogen-bond donors (Lipinski definition) is 2. The second-order valence-corrected chi connectivity index (χ2v) is 8.37. The zero-order valence-corrected chi connectivity index (χ0v) is 16.1.